The lowest BCUT2D eigenvalue weighted by molar-refractivity contribution is -0.330. The first-order valence-corrected chi connectivity index (χ1v) is 5.36. The van der Waals surface area contributed by atoms with Crippen molar-refractivity contribution >= 4 is 23.1 Å². The SMILES string of the molecule is Nc1cc(N)cc(SC(F)(F)C(F)(F)C(F)(F)F)c1. The Hall–Kier alpha value is -1.32. The maximum Gasteiger partial charge on any atom is 0.460 e. The van der Waals surface area contributed by atoms with Gasteiger partial charge in [0.1, 0.15) is 0 Å². The van der Waals surface area contributed by atoms with Crippen molar-refractivity contribution in [2.45, 2.75) is 22.2 Å². The summed E-state index contributed by atoms with van der Waals surface area (Å²) in [7, 11) is 0. The number of alkyl halides is 7. The summed E-state index contributed by atoms with van der Waals surface area (Å²) in [6.45, 7) is 0. The second-order valence-electron chi connectivity index (χ2n) is 3.53. The van der Waals surface area contributed by atoms with E-state index in [9.17, 15) is 30.7 Å². The summed E-state index contributed by atoms with van der Waals surface area (Å²) in [6, 6.07) is 2.78. The fourth-order valence-corrected chi connectivity index (χ4v) is 2.01. The minimum Gasteiger partial charge on any atom is -0.399 e. The van der Waals surface area contributed by atoms with Crippen molar-refractivity contribution in [3.63, 3.8) is 0 Å². The van der Waals surface area contributed by atoms with Crippen molar-refractivity contribution < 1.29 is 30.7 Å². The summed E-state index contributed by atoms with van der Waals surface area (Å²) in [5.41, 5.74) is 10.2. The van der Waals surface area contributed by atoms with Crippen LogP contribution in [0.25, 0.3) is 0 Å². The fraction of sp³-hybridized carbons (Fsp3) is 0.333. The summed E-state index contributed by atoms with van der Waals surface area (Å²) in [5, 5.41) is -5.38. The summed E-state index contributed by atoms with van der Waals surface area (Å²) < 4.78 is 87.1. The van der Waals surface area contributed by atoms with Crippen LogP contribution in [0.1, 0.15) is 0 Å². The van der Waals surface area contributed by atoms with E-state index < -0.39 is 34.0 Å². The summed E-state index contributed by atoms with van der Waals surface area (Å²) in [6.07, 6.45) is -6.37. The zero-order valence-electron chi connectivity index (χ0n) is 8.94. The zero-order chi connectivity index (χ0) is 15.1. The molecule has 0 aliphatic rings. The standard InChI is InChI=1S/C9H7F7N2S/c10-7(11,8(12,13)14)9(15,16)19-6-2-4(17)1-5(18)3-6/h1-3H,17-18H2. The number of nitrogens with two attached hydrogens (primary N) is 2. The molecular formula is C9H7F7N2S. The van der Waals surface area contributed by atoms with Gasteiger partial charge in [0.2, 0.25) is 0 Å². The van der Waals surface area contributed by atoms with Crippen LogP contribution in [0.5, 0.6) is 0 Å². The Labute approximate surface area is 106 Å². The molecule has 0 aliphatic heterocycles. The zero-order valence-corrected chi connectivity index (χ0v) is 9.76. The van der Waals surface area contributed by atoms with Gasteiger partial charge >= 0.3 is 17.4 Å². The van der Waals surface area contributed by atoms with Crippen molar-refractivity contribution in [1.82, 2.24) is 0 Å². The lowest BCUT2D eigenvalue weighted by atomic mass is 10.3. The Morgan fingerprint density at radius 1 is 0.789 bits per heavy atom. The monoisotopic (exact) mass is 308 g/mol. The highest BCUT2D eigenvalue weighted by atomic mass is 32.2. The van der Waals surface area contributed by atoms with Crippen molar-refractivity contribution in [3.05, 3.63) is 18.2 Å². The number of nitrogen functional groups attached to an aromatic ring is 2. The van der Waals surface area contributed by atoms with Gasteiger partial charge in [-0.1, -0.05) is 0 Å². The van der Waals surface area contributed by atoms with Gasteiger partial charge in [0, 0.05) is 16.3 Å². The lowest BCUT2D eigenvalue weighted by Gasteiger charge is -2.27. The minimum absolute atomic E-state index is 0.131. The van der Waals surface area contributed by atoms with E-state index in [1.165, 1.54) is 0 Å². The van der Waals surface area contributed by atoms with Gasteiger partial charge in [0.25, 0.3) is 0 Å². The quantitative estimate of drug-likeness (QED) is 0.508. The highest BCUT2D eigenvalue weighted by Gasteiger charge is 2.73. The summed E-state index contributed by atoms with van der Waals surface area (Å²) in [5.74, 6) is -6.18. The summed E-state index contributed by atoms with van der Waals surface area (Å²) in [4.78, 5) is -0.591. The number of hydrogen-bond donors (Lipinski definition) is 2. The topological polar surface area (TPSA) is 52.0 Å². The molecule has 0 spiro atoms. The highest BCUT2D eigenvalue weighted by molar-refractivity contribution is 8.00. The van der Waals surface area contributed by atoms with Crippen LogP contribution < -0.4 is 11.5 Å². The molecule has 1 aromatic carbocycles. The van der Waals surface area contributed by atoms with Crippen molar-refractivity contribution in [2.24, 2.45) is 0 Å². The molecule has 0 atom stereocenters. The number of benzene rings is 1. The van der Waals surface area contributed by atoms with Gasteiger partial charge in [-0.3, -0.25) is 0 Å². The molecular weight excluding hydrogens is 301 g/mol. The Morgan fingerprint density at radius 2 is 1.21 bits per heavy atom. The van der Waals surface area contributed by atoms with E-state index in [2.05, 4.69) is 0 Å². The maximum absolute atomic E-state index is 13.1. The van der Waals surface area contributed by atoms with Gasteiger partial charge in [-0.15, -0.1) is 0 Å². The van der Waals surface area contributed by atoms with Gasteiger partial charge in [-0.25, -0.2) is 0 Å². The molecule has 0 aliphatic carbocycles. The van der Waals surface area contributed by atoms with E-state index in [0.717, 1.165) is 18.2 Å². The molecule has 0 bridgehead atoms. The molecule has 0 unspecified atom stereocenters. The number of anilines is 2. The molecule has 0 saturated heterocycles. The van der Waals surface area contributed by atoms with E-state index in [1.807, 2.05) is 0 Å². The molecule has 0 radical (unpaired) electrons. The molecule has 0 aromatic heterocycles. The van der Waals surface area contributed by atoms with E-state index in [0.29, 0.717) is 0 Å². The second kappa shape index (κ2) is 4.66. The Kier molecular flexibility index (Phi) is 3.86. The number of thioether (sulfide) groups is 1. The van der Waals surface area contributed by atoms with E-state index in [-0.39, 0.29) is 11.4 Å². The van der Waals surface area contributed by atoms with Gasteiger partial charge in [-0.05, 0) is 30.0 Å². The molecule has 1 rings (SSSR count). The maximum atomic E-state index is 13.1. The number of rotatable bonds is 3. The highest BCUT2D eigenvalue weighted by Crippen LogP contribution is 2.54. The Morgan fingerprint density at radius 3 is 1.58 bits per heavy atom. The van der Waals surface area contributed by atoms with E-state index >= 15 is 0 Å². The lowest BCUT2D eigenvalue weighted by Crippen LogP contribution is -2.49. The van der Waals surface area contributed by atoms with Crippen LogP contribution in [0, 0.1) is 0 Å². The average molecular weight is 308 g/mol. The molecule has 1 aromatic rings. The van der Waals surface area contributed by atoms with Gasteiger partial charge in [0.05, 0.1) is 0 Å². The number of hydrogen-bond acceptors (Lipinski definition) is 3. The van der Waals surface area contributed by atoms with E-state index in [1.54, 1.807) is 0 Å². The van der Waals surface area contributed by atoms with Crippen LogP contribution in [-0.2, 0) is 0 Å². The summed E-state index contributed by atoms with van der Waals surface area (Å²) >= 11 is -0.955. The average Bonchev–Trinajstić information content (AvgIpc) is 2.12. The third-order valence-corrected chi connectivity index (χ3v) is 2.90. The van der Waals surface area contributed by atoms with Crippen LogP contribution in [0.3, 0.4) is 0 Å². The van der Waals surface area contributed by atoms with Crippen LogP contribution in [0.15, 0.2) is 23.1 Å². The van der Waals surface area contributed by atoms with Crippen LogP contribution in [-0.4, -0.2) is 17.4 Å². The first-order valence-electron chi connectivity index (χ1n) is 4.54. The molecule has 19 heavy (non-hydrogen) atoms. The van der Waals surface area contributed by atoms with Crippen LogP contribution >= 0.6 is 11.8 Å². The largest absolute Gasteiger partial charge is 0.460 e. The molecule has 108 valence electrons. The van der Waals surface area contributed by atoms with Crippen molar-refractivity contribution in [1.29, 1.82) is 0 Å². The van der Waals surface area contributed by atoms with Crippen LogP contribution in [0.2, 0.25) is 0 Å². The smallest absolute Gasteiger partial charge is 0.399 e. The predicted molar refractivity (Wildman–Crippen MR) is 57.1 cm³/mol. The first kappa shape index (κ1) is 15.7. The Bertz CT molecular complexity index is 452. The van der Waals surface area contributed by atoms with Crippen LogP contribution in [0.4, 0.5) is 42.1 Å². The van der Waals surface area contributed by atoms with E-state index in [4.69, 9.17) is 11.5 Å². The molecule has 2 nitrogen and oxygen atoms in total. The van der Waals surface area contributed by atoms with Gasteiger partial charge in [-0.2, -0.15) is 30.7 Å². The molecule has 10 heteroatoms. The van der Waals surface area contributed by atoms with Crippen molar-refractivity contribution in [3.8, 4) is 0 Å². The normalized spacial score (nSPS) is 13.6. The first-order chi connectivity index (χ1) is 8.37. The Balaban J connectivity index is 3.09. The molecule has 4 N–H and O–H groups in total. The predicted octanol–water partition coefficient (Wildman–Crippen LogP) is 3.73. The number of halogens is 7. The molecule has 0 fully saturated rings. The van der Waals surface area contributed by atoms with Gasteiger partial charge in [0.15, 0.2) is 0 Å². The van der Waals surface area contributed by atoms with Gasteiger partial charge < -0.3 is 11.5 Å². The minimum atomic E-state index is -6.37. The molecule has 0 amide bonds. The van der Waals surface area contributed by atoms with Crippen molar-refractivity contribution in [2.75, 3.05) is 11.5 Å². The molecule has 0 heterocycles. The second-order valence-corrected chi connectivity index (χ2v) is 4.71. The molecule has 0 saturated carbocycles. The third kappa shape index (κ3) is 3.17. The fourth-order valence-electron chi connectivity index (χ4n) is 1.08. The third-order valence-electron chi connectivity index (χ3n) is 1.92.